The number of pyridine rings is 1. The van der Waals surface area contributed by atoms with E-state index in [0.717, 1.165) is 55.4 Å². The Hall–Kier alpha value is -1.93. The zero-order valence-electron chi connectivity index (χ0n) is 17.1. The Morgan fingerprint density at radius 1 is 1.25 bits per heavy atom. The maximum atomic E-state index is 12.7. The van der Waals surface area contributed by atoms with Gasteiger partial charge in [0.2, 0.25) is 5.91 Å². The van der Waals surface area contributed by atoms with Crippen LogP contribution in [0.1, 0.15) is 32.6 Å². The fourth-order valence-corrected chi connectivity index (χ4v) is 4.43. The molecule has 28 heavy (non-hydrogen) atoms. The number of nitrogens with one attached hydrogen (secondary N) is 1. The van der Waals surface area contributed by atoms with Gasteiger partial charge in [0.05, 0.1) is 26.4 Å². The molecule has 0 spiro atoms. The van der Waals surface area contributed by atoms with Crippen LogP contribution >= 0.6 is 11.8 Å². The second kappa shape index (κ2) is 10.0. The summed E-state index contributed by atoms with van der Waals surface area (Å²) >= 11 is 1.50. The summed E-state index contributed by atoms with van der Waals surface area (Å²) in [7, 11) is 4.31. The number of piperidine rings is 1. The molecule has 1 saturated heterocycles. The molecule has 0 unspecified atom stereocenters. The highest BCUT2D eigenvalue weighted by Gasteiger charge is 2.24. The van der Waals surface area contributed by atoms with Crippen LogP contribution in [-0.2, 0) is 11.3 Å². The first-order valence-electron chi connectivity index (χ1n) is 10.1. The van der Waals surface area contributed by atoms with Gasteiger partial charge in [-0.05, 0) is 38.3 Å². The number of carbonyl (C=O) groups excluding carboxylic acids is 1. The summed E-state index contributed by atoms with van der Waals surface area (Å²) in [6.07, 6.45) is 8.00. The minimum atomic E-state index is 0.204. The van der Waals surface area contributed by atoms with Crippen molar-refractivity contribution >= 4 is 17.7 Å². The first-order valence-corrected chi connectivity index (χ1v) is 11.1. The standard InChI is InChI=1S/C20H30N6OS/c1-16-7-4-5-13-25(16)18(27)15-28-20-23-22-19(17-8-10-21-11-9-17)26(20)14-6-12-24(2)3/h8-11,16H,4-7,12-15H2,1-3H3/p+1/t16-/m1/s1. The highest BCUT2D eigenvalue weighted by molar-refractivity contribution is 7.99. The van der Waals surface area contributed by atoms with Crippen LogP contribution in [0.3, 0.4) is 0 Å². The van der Waals surface area contributed by atoms with Crippen molar-refractivity contribution in [2.24, 2.45) is 0 Å². The van der Waals surface area contributed by atoms with Gasteiger partial charge in [0.15, 0.2) is 11.0 Å². The van der Waals surface area contributed by atoms with Crippen molar-refractivity contribution < 1.29 is 9.69 Å². The van der Waals surface area contributed by atoms with Crippen molar-refractivity contribution in [3.05, 3.63) is 24.5 Å². The number of amides is 1. The molecule has 0 aliphatic carbocycles. The van der Waals surface area contributed by atoms with Crippen molar-refractivity contribution in [3.63, 3.8) is 0 Å². The van der Waals surface area contributed by atoms with Crippen LogP contribution in [-0.4, -0.2) is 69.5 Å². The van der Waals surface area contributed by atoms with E-state index in [4.69, 9.17) is 0 Å². The summed E-state index contributed by atoms with van der Waals surface area (Å²) in [4.78, 5) is 20.2. The summed E-state index contributed by atoms with van der Waals surface area (Å²) in [6, 6.07) is 4.24. The largest absolute Gasteiger partial charge is 0.340 e. The molecule has 1 amide bonds. The van der Waals surface area contributed by atoms with Gasteiger partial charge in [-0.15, -0.1) is 10.2 Å². The van der Waals surface area contributed by atoms with Crippen LogP contribution in [0.25, 0.3) is 11.4 Å². The zero-order chi connectivity index (χ0) is 19.9. The van der Waals surface area contributed by atoms with E-state index in [0.29, 0.717) is 11.8 Å². The number of quaternary nitrogens is 1. The molecule has 1 aliphatic rings. The molecule has 0 saturated carbocycles. The van der Waals surface area contributed by atoms with Crippen LogP contribution in [0.15, 0.2) is 29.7 Å². The van der Waals surface area contributed by atoms with Crippen molar-refractivity contribution in [2.45, 2.75) is 50.4 Å². The van der Waals surface area contributed by atoms with Crippen molar-refractivity contribution in [1.29, 1.82) is 0 Å². The van der Waals surface area contributed by atoms with Gasteiger partial charge in [-0.3, -0.25) is 9.78 Å². The summed E-state index contributed by atoms with van der Waals surface area (Å²) in [5.74, 6) is 1.46. The number of likely N-dealkylation sites (tertiary alicyclic amines) is 1. The minimum absolute atomic E-state index is 0.204. The Bertz CT molecular complexity index is 763. The topological polar surface area (TPSA) is 68.4 Å². The predicted molar refractivity (Wildman–Crippen MR) is 111 cm³/mol. The van der Waals surface area contributed by atoms with Crippen LogP contribution in [0.4, 0.5) is 0 Å². The van der Waals surface area contributed by atoms with E-state index in [1.54, 1.807) is 12.4 Å². The lowest BCUT2D eigenvalue weighted by molar-refractivity contribution is -0.858. The Morgan fingerprint density at radius 2 is 2.04 bits per heavy atom. The third kappa shape index (κ3) is 5.32. The normalized spacial score (nSPS) is 17.3. The van der Waals surface area contributed by atoms with E-state index in [2.05, 4.69) is 40.8 Å². The molecule has 152 valence electrons. The second-order valence-corrected chi connectivity index (χ2v) is 8.67. The average Bonchev–Trinajstić information content (AvgIpc) is 3.09. The molecule has 1 N–H and O–H groups in total. The van der Waals surface area contributed by atoms with Crippen LogP contribution in [0.2, 0.25) is 0 Å². The number of hydrogen-bond donors (Lipinski definition) is 1. The summed E-state index contributed by atoms with van der Waals surface area (Å²) in [5.41, 5.74) is 1.00. The predicted octanol–water partition coefficient (Wildman–Crippen LogP) is 1.37. The molecule has 0 aromatic carbocycles. The van der Waals surface area contributed by atoms with Gasteiger partial charge in [0.25, 0.3) is 0 Å². The molecule has 1 atom stereocenters. The van der Waals surface area contributed by atoms with Gasteiger partial charge in [-0.2, -0.15) is 0 Å². The number of thioether (sulfide) groups is 1. The number of hydrogen-bond acceptors (Lipinski definition) is 5. The zero-order valence-corrected chi connectivity index (χ0v) is 17.9. The van der Waals surface area contributed by atoms with Crippen molar-refractivity contribution in [1.82, 2.24) is 24.6 Å². The van der Waals surface area contributed by atoms with Gasteiger partial charge >= 0.3 is 0 Å². The summed E-state index contributed by atoms with van der Waals surface area (Å²) < 4.78 is 2.15. The third-order valence-electron chi connectivity index (χ3n) is 5.16. The van der Waals surface area contributed by atoms with Gasteiger partial charge in [0.1, 0.15) is 0 Å². The fraction of sp³-hybridized carbons (Fsp3) is 0.600. The maximum Gasteiger partial charge on any atom is 0.233 e. The van der Waals surface area contributed by atoms with E-state index in [1.165, 1.54) is 23.1 Å². The number of carbonyl (C=O) groups is 1. The molecule has 0 bridgehead atoms. The molecule has 2 aromatic rings. The summed E-state index contributed by atoms with van der Waals surface area (Å²) in [5, 5.41) is 9.64. The molecule has 3 rings (SSSR count). The fourth-order valence-electron chi connectivity index (χ4n) is 3.58. The molecule has 1 aliphatic heterocycles. The van der Waals surface area contributed by atoms with Crippen LogP contribution < -0.4 is 4.90 Å². The molecule has 3 heterocycles. The number of rotatable bonds is 8. The first kappa shape index (κ1) is 20.8. The second-order valence-electron chi connectivity index (χ2n) is 7.72. The Kier molecular flexibility index (Phi) is 7.44. The van der Waals surface area contributed by atoms with Gasteiger partial charge < -0.3 is 14.4 Å². The smallest absolute Gasteiger partial charge is 0.233 e. The Labute approximate surface area is 171 Å². The highest BCUT2D eigenvalue weighted by Crippen LogP contribution is 2.25. The lowest BCUT2D eigenvalue weighted by Crippen LogP contribution is -3.05. The van der Waals surface area contributed by atoms with Gasteiger partial charge in [0, 0.05) is 43.5 Å². The number of nitrogens with zero attached hydrogens (tertiary/aromatic N) is 5. The SMILES string of the molecule is C[C@@H]1CCCCN1C(=O)CSc1nnc(-c2ccncc2)n1CCC[NH+](C)C. The summed E-state index contributed by atoms with van der Waals surface area (Å²) in [6.45, 7) is 4.94. The van der Waals surface area contributed by atoms with E-state index in [9.17, 15) is 4.79 Å². The quantitative estimate of drug-likeness (QED) is 0.674. The van der Waals surface area contributed by atoms with E-state index in [-0.39, 0.29) is 5.91 Å². The van der Waals surface area contributed by atoms with Gasteiger partial charge in [-0.25, -0.2) is 0 Å². The van der Waals surface area contributed by atoms with Crippen LogP contribution in [0.5, 0.6) is 0 Å². The molecule has 1 fully saturated rings. The highest BCUT2D eigenvalue weighted by atomic mass is 32.2. The third-order valence-corrected chi connectivity index (χ3v) is 6.11. The lowest BCUT2D eigenvalue weighted by Gasteiger charge is -2.33. The van der Waals surface area contributed by atoms with E-state index >= 15 is 0 Å². The first-order chi connectivity index (χ1) is 13.6. The van der Waals surface area contributed by atoms with E-state index < -0.39 is 0 Å². The average molecular weight is 404 g/mol. The molecule has 8 heteroatoms. The monoisotopic (exact) mass is 403 g/mol. The van der Waals surface area contributed by atoms with E-state index in [1.807, 2.05) is 17.0 Å². The lowest BCUT2D eigenvalue weighted by atomic mass is 10.0. The Balaban J connectivity index is 1.72. The van der Waals surface area contributed by atoms with Crippen molar-refractivity contribution in [3.8, 4) is 11.4 Å². The van der Waals surface area contributed by atoms with Crippen molar-refractivity contribution in [2.75, 3.05) is 32.9 Å². The Morgan fingerprint density at radius 3 is 2.75 bits per heavy atom. The molecule has 0 radical (unpaired) electrons. The molecule has 7 nitrogen and oxygen atoms in total. The maximum absolute atomic E-state index is 12.7. The minimum Gasteiger partial charge on any atom is -0.340 e. The molecular weight excluding hydrogens is 372 g/mol. The molecule has 2 aromatic heterocycles. The molecular formula is C20H31N6OS+. The van der Waals surface area contributed by atoms with Gasteiger partial charge in [-0.1, -0.05) is 11.8 Å². The van der Waals surface area contributed by atoms with Crippen LogP contribution in [0, 0.1) is 0 Å². The number of aromatic nitrogens is 4.